The van der Waals surface area contributed by atoms with E-state index in [0.717, 1.165) is 31.5 Å². The van der Waals surface area contributed by atoms with Gasteiger partial charge in [0.1, 0.15) is 0 Å². The van der Waals surface area contributed by atoms with Gasteiger partial charge in [-0.05, 0) is 67.0 Å². The van der Waals surface area contributed by atoms with Crippen molar-refractivity contribution in [2.45, 2.75) is 32.1 Å². The zero-order valence-corrected chi connectivity index (χ0v) is 17.7. The van der Waals surface area contributed by atoms with Crippen LogP contribution in [0.15, 0.2) is 48.5 Å². The molecule has 1 aliphatic rings. The first-order valence-electron chi connectivity index (χ1n) is 9.76. The zero-order valence-electron chi connectivity index (χ0n) is 16.1. The van der Waals surface area contributed by atoms with Crippen molar-refractivity contribution in [3.8, 4) is 0 Å². The second-order valence-electron chi connectivity index (χ2n) is 7.09. The summed E-state index contributed by atoms with van der Waals surface area (Å²) in [6.45, 7) is 1.64. The first-order chi connectivity index (χ1) is 14.0. The SMILES string of the molecule is O=C(Cc1ccc(Cl)cc1)NC(=S)Nc1ccc(C(=O)N2CCCCCC2)cc1. The number of nitrogens with zero attached hydrogens (tertiary/aromatic N) is 1. The standard InChI is InChI=1S/C22H24ClN3O2S/c23-18-9-5-16(6-10-18)15-20(27)25-22(29)24-19-11-7-17(8-12-19)21(28)26-13-3-1-2-4-14-26/h5-12H,1-4,13-15H2,(H2,24,25,27,29). The molecule has 1 fully saturated rings. The molecule has 1 aliphatic heterocycles. The van der Waals surface area contributed by atoms with Gasteiger partial charge in [-0.15, -0.1) is 0 Å². The summed E-state index contributed by atoms with van der Waals surface area (Å²) >= 11 is 11.1. The lowest BCUT2D eigenvalue weighted by molar-refractivity contribution is -0.119. The van der Waals surface area contributed by atoms with Crippen LogP contribution in [-0.2, 0) is 11.2 Å². The molecular formula is C22H24ClN3O2S. The molecule has 29 heavy (non-hydrogen) atoms. The highest BCUT2D eigenvalue weighted by atomic mass is 35.5. The van der Waals surface area contributed by atoms with Crippen LogP contribution in [0.2, 0.25) is 5.02 Å². The summed E-state index contributed by atoms with van der Waals surface area (Å²) in [5.41, 5.74) is 2.23. The molecule has 0 aliphatic carbocycles. The first kappa shape index (κ1) is 21.3. The van der Waals surface area contributed by atoms with E-state index in [0.29, 0.717) is 16.3 Å². The molecule has 1 saturated heterocycles. The molecule has 2 aromatic carbocycles. The number of anilines is 1. The normalized spacial score (nSPS) is 14.0. The first-order valence-corrected chi connectivity index (χ1v) is 10.5. The minimum Gasteiger partial charge on any atom is -0.339 e. The molecule has 0 radical (unpaired) electrons. The molecule has 152 valence electrons. The van der Waals surface area contributed by atoms with E-state index in [1.807, 2.05) is 4.90 Å². The third kappa shape index (κ3) is 6.54. The summed E-state index contributed by atoms with van der Waals surface area (Å²) in [4.78, 5) is 26.7. The van der Waals surface area contributed by atoms with E-state index in [1.54, 1.807) is 48.5 Å². The highest BCUT2D eigenvalue weighted by molar-refractivity contribution is 7.80. The number of benzene rings is 2. The van der Waals surface area contributed by atoms with Gasteiger partial charge in [-0.25, -0.2) is 0 Å². The van der Waals surface area contributed by atoms with Crippen LogP contribution in [-0.4, -0.2) is 34.9 Å². The van der Waals surface area contributed by atoms with Gasteiger partial charge >= 0.3 is 0 Å². The van der Waals surface area contributed by atoms with Crippen LogP contribution in [0.25, 0.3) is 0 Å². The molecule has 0 bridgehead atoms. The highest BCUT2D eigenvalue weighted by Gasteiger charge is 2.17. The zero-order chi connectivity index (χ0) is 20.6. The van der Waals surface area contributed by atoms with Crippen molar-refractivity contribution in [3.63, 3.8) is 0 Å². The van der Waals surface area contributed by atoms with Crippen molar-refractivity contribution in [1.29, 1.82) is 0 Å². The van der Waals surface area contributed by atoms with Gasteiger partial charge in [-0.1, -0.05) is 36.6 Å². The molecule has 3 rings (SSSR count). The molecule has 0 aromatic heterocycles. The van der Waals surface area contributed by atoms with Gasteiger partial charge in [-0.3, -0.25) is 9.59 Å². The fourth-order valence-electron chi connectivity index (χ4n) is 3.27. The van der Waals surface area contributed by atoms with E-state index in [2.05, 4.69) is 10.6 Å². The maximum Gasteiger partial charge on any atom is 0.253 e. The number of carbonyl (C=O) groups is 2. The lowest BCUT2D eigenvalue weighted by Crippen LogP contribution is -2.35. The minimum atomic E-state index is -0.210. The number of halogens is 1. The number of hydrogen-bond acceptors (Lipinski definition) is 3. The van der Waals surface area contributed by atoms with Crippen LogP contribution < -0.4 is 10.6 Å². The number of thiocarbonyl (C=S) groups is 1. The van der Waals surface area contributed by atoms with E-state index in [4.69, 9.17) is 23.8 Å². The average Bonchev–Trinajstić information content (AvgIpc) is 2.99. The minimum absolute atomic E-state index is 0.0669. The predicted molar refractivity (Wildman–Crippen MR) is 120 cm³/mol. The Morgan fingerprint density at radius 3 is 2.17 bits per heavy atom. The summed E-state index contributed by atoms with van der Waals surface area (Å²) < 4.78 is 0. The molecule has 0 atom stereocenters. The van der Waals surface area contributed by atoms with Crippen LogP contribution in [0.4, 0.5) is 5.69 Å². The number of rotatable bonds is 4. The summed E-state index contributed by atoms with van der Waals surface area (Å²) in [7, 11) is 0. The van der Waals surface area contributed by atoms with Gasteiger partial charge in [0.05, 0.1) is 6.42 Å². The molecule has 7 heteroatoms. The third-order valence-electron chi connectivity index (χ3n) is 4.81. The molecule has 2 aromatic rings. The van der Waals surface area contributed by atoms with Gasteiger partial charge in [0.25, 0.3) is 5.91 Å². The van der Waals surface area contributed by atoms with E-state index in [1.165, 1.54) is 12.8 Å². The maximum absolute atomic E-state index is 12.6. The topological polar surface area (TPSA) is 61.4 Å². The molecular weight excluding hydrogens is 406 g/mol. The Balaban J connectivity index is 1.50. The van der Waals surface area contributed by atoms with Crippen LogP contribution in [0, 0.1) is 0 Å². The van der Waals surface area contributed by atoms with Gasteiger partial charge in [0.2, 0.25) is 5.91 Å². The Morgan fingerprint density at radius 1 is 0.931 bits per heavy atom. The van der Waals surface area contributed by atoms with Crippen LogP contribution in [0.1, 0.15) is 41.6 Å². The van der Waals surface area contributed by atoms with E-state index in [9.17, 15) is 9.59 Å². The summed E-state index contributed by atoms with van der Waals surface area (Å²) in [6, 6.07) is 14.3. The predicted octanol–water partition coefficient (Wildman–Crippen LogP) is 4.41. The van der Waals surface area contributed by atoms with Crippen molar-refractivity contribution in [2.24, 2.45) is 0 Å². The Hall–Kier alpha value is -2.44. The third-order valence-corrected chi connectivity index (χ3v) is 5.27. The molecule has 2 amide bonds. The Bertz CT molecular complexity index is 861. The number of likely N-dealkylation sites (tertiary alicyclic amines) is 1. The van der Waals surface area contributed by atoms with Crippen LogP contribution >= 0.6 is 23.8 Å². The van der Waals surface area contributed by atoms with Gasteiger partial charge in [-0.2, -0.15) is 0 Å². The quantitative estimate of drug-likeness (QED) is 0.706. The molecule has 0 saturated carbocycles. The van der Waals surface area contributed by atoms with Crippen LogP contribution in [0.5, 0.6) is 0 Å². The van der Waals surface area contributed by atoms with Crippen molar-refractivity contribution in [3.05, 3.63) is 64.7 Å². The average molecular weight is 430 g/mol. The lowest BCUT2D eigenvalue weighted by atomic mass is 10.1. The van der Waals surface area contributed by atoms with Gasteiger partial charge < -0.3 is 15.5 Å². The van der Waals surface area contributed by atoms with Crippen molar-refractivity contribution < 1.29 is 9.59 Å². The van der Waals surface area contributed by atoms with E-state index < -0.39 is 0 Å². The lowest BCUT2D eigenvalue weighted by Gasteiger charge is -2.20. The second kappa shape index (κ2) is 10.4. The number of amides is 2. The number of carbonyl (C=O) groups excluding carboxylic acids is 2. The fraction of sp³-hybridized carbons (Fsp3) is 0.318. The van der Waals surface area contributed by atoms with E-state index >= 15 is 0 Å². The molecule has 1 heterocycles. The van der Waals surface area contributed by atoms with E-state index in [-0.39, 0.29) is 23.3 Å². The molecule has 0 unspecified atom stereocenters. The molecule has 0 spiro atoms. The Labute approximate surface area is 181 Å². The summed E-state index contributed by atoms with van der Waals surface area (Å²) in [5, 5.41) is 6.48. The Morgan fingerprint density at radius 2 is 1.55 bits per heavy atom. The number of nitrogens with one attached hydrogen (secondary N) is 2. The fourth-order valence-corrected chi connectivity index (χ4v) is 3.63. The van der Waals surface area contributed by atoms with Crippen molar-refractivity contribution >= 4 is 46.4 Å². The van der Waals surface area contributed by atoms with Gasteiger partial charge in [0, 0.05) is 29.4 Å². The smallest absolute Gasteiger partial charge is 0.253 e. The monoisotopic (exact) mass is 429 g/mol. The maximum atomic E-state index is 12.6. The van der Waals surface area contributed by atoms with Gasteiger partial charge in [0.15, 0.2) is 5.11 Å². The number of hydrogen-bond donors (Lipinski definition) is 2. The van der Waals surface area contributed by atoms with Crippen molar-refractivity contribution in [2.75, 3.05) is 18.4 Å². The summed E-state index contributed by atoms with van der Waals surface area (Å²) in [6.07, 6.45) is 4.72. The van der Waals surface area contributed by atoms with Crippen molar-refractivity contribution in [1.82, 2.24) is 10.2 Å². The molecule has 2 N–H and O–H groups in total. The van der Waals surface area contributed by atoms with Crippen LogP contribution in [0.3, 0.4) is 0 Å². The second-order valence-corrected chi connectivity index (χ2v) is 7.93. The molecule has 5 nitrogen and oxygen atoms in total. The highest BCUT2D eigenvalue weighted by Crippen LogP contribution is 2.16. The Kier molecular flexibility index (Phi) is 7.61. The largest absolute Gasteiger partial charge is 0.339 e. The summed E-state index contributed by atoms with van der Waals surface area (Å²) in [5.74, 6) is -0.143.